The number of Topliss-reactive ketones (excluding diaryl/α,β-unsaturated/α-hetero) is 1. The van der Waals surface area contributed by atoms with E-state index in [0.717, 1.165) is 35.1 Å². The van der Waals surface area contributed by atoms with Crippen LogP contribution in [-0.2, 0) is 19.1 Å². The van der Waals surface area contributed by atoms with Crippen molar-refractivity contribution in [1.29, 1.82) is 5.26 Å². The van der Waals surface area contributed by atoms with Crippen LogP contribution in [0, 0.1) is 17.2 Å². The number of thioether (sulfide) groups is 1. The first-order chi connectivity index (χ1) is 19.9. The van der Waals surface area contributed by atoms with E-state index >= 15 is 0 Å². The molecular formula is C31H32N4O5S. The zero-order chi connectivity index (χ0) is 28.5. The van der Waals surface area contributed by atoms with E-state index in [2.05, 4.69) is 28.8 Å². The zero-order valence-electron chi connectivity index (χ0n) is 22.6. The monoisotopic (exact) mass is 572 g/mol. The summed E-state index contributed by atoms with van der Waals surface area (Å²) in [4.78, 5) is 53.1. The van der Waals surface area contributed by atoms with Gasteiger partial charge in [0.25, 0.3) is 0 Å². The quantitative estimate of drug-likeness (QED) is 0.517. The number of alkyl carbamates (subject to hydrolysis) is 1. The number of carbonyl (C=O) groups excluding carboxylic acids is 4. The van der Waals surface area contributed by atoms with Gasteiger partial charge < -0.3 is 20.3 Å². The summed E-state index contributed by atoms with van der Waals surface area (Å²) in [7, 11) is 0. The molecule has 2 N–H and O–H groups in total. The molecule has 2 heterocycles. The Morgan fingerprint density at radius 2 is 1.76 bits per heavy atom. The number of ketones is 1. The van der Waals surface area contributed by atoms with Crippen LogP contribution in [0.15, 0.2) is 48.5 Å². The Labute approximate surface area is 243 Å². The van der Waals surface area contributed by atoms with E-state index in [9.17, 15) is 24.4 Å². The number of rotatable bonds is 7. The summed E-state index contributed by atoms with van der Waals surface area (Å²) in [5.41, 5.74) is 4.48. The summed E-state index contributed by atoms with van der Waals surface area (Å²) in [5.74, 6) is -0.445. The molecule has 2 aromatic carbocycles. The van der Waals surface area contributed by atoms with Crippen LogP contribution in [0.2, 0.25) is 0 Å². The molecule has 1 saturated carbocycles. The van der Waals surface area contributed by atoms with E-state index in [1.807, 2.05) is 36.4 Å². The van der Waals surface area contributed by atoms with Gasteiger partial charge in [0.1, 0.15) is 30.5 Å². The van der Waals surface area contributed by atoms with Crippen LogP contribution in [0.1, 0.15) is 55.6 Å². The molecular weight excluding hydrogens is 540 g/mol. The first kappa shape index (κ1) is 27.3. The van der Waals surface area contributed by atoms with Crippen LogP contribution >= 0.6 is 11.8 Å². The summed E-state index contributed by atoms with van der Waals surface area (Å²) < 4.78 is 5.65. The summed E-state index contributed by atoms with van der Waals surface area (Å²) in [6.45, 7) is 0.146. The molecule has 2 saturated heterocycles. The average Bonchev–Trinajstić information content (AvgIpc) is 3.69. The molecule has 10 heteroatoms. The zero-order valence-corrected chi connectivity index (χ0v) is 23.4. The van der Waals surface area contributed by atoms with Gasteiger partial charge in [-0.3, -0.25) is 14.4 Å². The first-order valence-corrected chi connectivity index (χ1v) is 15.3. The van der Waals surface area contributed by atoms with Gasteiger partial charge in [-0.15, -0.1) is 11.8 Å². The number of piperidine rings is 1. The topological polar surface area (TPSA) is 129 Å². The van der Waals surface area contributed by atoms with Crippen LogP contribution in [0.3, 0.4) is 0 Å². The fourth-order valence-corrected chi connectivity index (χ4v) is 8.08. The van der Waals surface area contributed by atoms with Crippen molar-refractivity contribution in [2.45, 2.75) is 67.9 Å². The minimum Gasteiger partial charge on any atom is -0.449 e. The van der Waals surface area contributed by atoms with Gasteiger partial charge in [-0.1, -0.05) is 48.5 Å². The van der Waals surface area contributed by atoms with Crippen LogP contribution in [-0.4, -0.2) is 64.4 Å². The largest absolute Gasteiger partial charge is 0.449 e. The Balaban J connectivity index is 1.06. The highest BCUT2D eigenvalue weighted by molar-refractivity contribution is 8.00. The number of amides is 3. The van der Waals surface area contributed by atoms with Gasteiger partial charge in [-0.05, 0) is 54.4 Å². The molecule has 2 aromatic rings. The van der Waals surface area contributed by atoms with Gasteiger partial charge in [0.05, 0.1) is 11.4 Å². The molecule has 6 rings (SSSR count). The van der Waals surface area contributed by atoms with Crippen LogP contribution in [0.5, 0.6) is 0 Å². The number of nitrogens with zero attached hydrogens (tertiary/aromatic N) is 2. The number of ether oxygens (including phenoxy) is 1. The summed E-state index contributed by atoms with van der Waals surface area (Å²) >= 11 is 1.53. The minimum absolute atomic E-state index is 0.0877. The maximum atomic E-state index is 13.5. The van der Waals surface area contributed by atoms with E-state index in [-0.39, 0.29) is 35.5 Å². The van der Waals surface area contributed by atoms with E-state index in [0.29, 0.717) is 31.4 Å². The molecule has 0 aromatic heterocycles. The van der Waals surface area contributed by atoms with Crippen molar-refractivity contribution in [3.05, 3.63) is 59.7 Å². The fourth-order valence-electron chi connectivity index (χ4n) is 6.65. The van der Waals surface area contributed by atoms with E-state index in [1.54, 1.807) is 4.90 Å². The lowest BCUT2D eigenvalue weighted by molar-refractivity contribution is -0.143. The van der Waals surface area contributed by atoms with Crippen molar-refractivity contribution in [1.82, 2.24) is 15.5 Å². The maximum absolute atomic E-state index is 13.5. The van der Waals surface area contributed by atoms with Gasteiger partial charge in [0, 0.05) is 24.0 Å². The second-order valence-electron chi connectivity index (χ2n) is 11.1. The van der Waals surface area contributed by atoms with E-state index in [4.69, 9.17) is 4.74 Å². The molecule has 1 unspecified atom stereocenters. The highest BCUT2D eigenvalue weighted by Gasteiger charge is 2.47. The van der Waals surface area contributed by atoms with Gasteiger partial charge in [0.15, 0.2) is 0 Å². The summed E-state index contributed by atoms with van der Waals surface area (Å²) in [6.07, 6.45) is 2.80. The van der Waals surface area contributed by atoms with Crippen molar-refractivity contribution in [2.24, 2.45) is 5.92 Å². The average molecular weight is 573 g/mol. The Bertz CT molecular complexity index is 1380. The Morgan fingerprint density at radius 1 is 1.05 bits per heavy atom. The SMILES string of the molecule is N#C[C@H](C[C@@H]1CCCC1=O)NC(=O)C1CS[C@H]2CC[C@H](NC(=O)OCC3c4ccccc4-c4ccccc43)C(=O)N12. The molecule has 5 atom stereocenters. The lowest BCUT2D eigenvalue weighted by Crippen LogP contribution is -2.59. The Kier molecular flexibility index (Phi) is 7.71. The molecule has 2 aliphatic carbocycles. The molecule has 0 bridgehead atoms. The maximum Gasteiger partial charge on any atom is 0.407 e. The molecule has 3 fully saturated rings. The van der Waals surface area contributed by atoms with Crippen LogP contribution in [0.4, 0.5) is 4.79 Å². The number of hydrogen-bond donors (Lipinski definition) is 2. The minimum atomic E-state index is -0.793. The summed E-state index contributed by atoms with van der Waals surface area (Å²) in [6, 6.07) is 16.0. The highest BCUT2D eigenvalue weighted by Crippen LogP contribution is 2.44. The second kappa shape index (κ2) is 11.6. The molecule has 0 spiro atoms. The third-order valence-corrected chi connectivity index (χ3v) is 10.1. The van der Waals surface area contributed by atoms with Crippen molar-refractivity contribution in [3.8, 4) is 17.2 Å². The second-order valence-corrected chi connectivity index (χ2v) is 12.3. The predicted octanol–water partition coefficient (Wildman–Crippen LogP) is 3.73. The van der Waals surface area contributed by atoms with Gasteiger partial charge in [-0.25, -0.2) is 4.79 Å². The number of nitrogens with one attached hydrogen (secondary N) is 2. The van der Waals surface area contributed by atoms with Crippen molar-refractivity contribution in [3.63, 3.8) is 0 Å². The lowest BCUT2D eigenvalue weighted by Gasteiger charge is -2.37. The Hall–Kier alpha value is -3.84. The van der Waals surface area contributed by atoms with Crippen LogP contribution in [0.25, 0.3) is 11.1 Å². The Morgan fingerprint density at radius 3 is 2.41 bits per heavy atom. The predicted molar refractivity (Wildman–Crippen MR) is 153 cm³/mol. The molecule has 3 amide bonds. The third-order valence-electron chi connectivity index (χ3n) is 8.71. The molecule has 0 radical (unpaired) electrons. The highest BCUT2D eigenvalue weighted by atomic mass is 32.2. The third kappa shape index (κ3) is 5.31. The molecule has 2 aliphatic heterocycles. The number of fused-ring (bicyclic) bond motifs is 4. The fraction of sp³-hybridized carbons (Fsp3) is 0.452. The van der Waals surface area contributed by atoms with Gasteiger partial charge >= 0.3 is 6.09 Å². The lowest BCUT2D eigenvalue weighted by atomic mass is 9.97. The van der Waals surface area contributed by atoms with Gasteiger partial charge in [0.2, 0.25) is 11.8 Å². The van der Waals surface area contributed by atoms with Crippen molar-refractivity contribution < 1.29 is 23.9 Å². The van der Waals surface area contributed by atoms with E-state index in [1.165, 1.54) is 11.8 Å². The molecule has 9 nitrogen and oxygen atoms in total. The number of hydrogen-bond acceptors (Lipinski definition) is 7. The normalized spacial score (nSPS) is 25.6. The molecule has 4 aliphatic rings. The molecule has 41 heavy (non-hydrogen) atoms. The number of carbonyl (C=O) groups is 4. The van der Waals surface area contributed by atoms with Crippen molar-refractivity contribution >= 4 is 35.5 Å². The molecule has 212 valence electrons. The first-order valence-electron chi connectivity index (χ1n) is 14.2. The van der Waals surface area contributed by atoms with Gasteiger partial charge in [-0.2, -0.15) is 5.26 Å². The number of benzene rings is 2. The standard InChI is InChI=1S/C31H32N4O5S/c32-15-19(14-18-6-5-11-27(18)36)33-29(37)26-17-41-28-13-12-25(30(38)35(26)28)34-31(39)40-16-24-22-9-3-1-7-20(22)21-8-2-4-10-23(21)24/h1-4,7-10,18-19,24-26,28H,5-6,11-14,16-17H2,(H,33,37)(H,34,39)/t18-,19-,25-,26?,28-/m0/s1. The van der Waals surface area contributed by atoms with Crippen LogP contribution < -0.4 is 10.6 Å². The van der Waals surface area contributed by atoms with Crippen molar-refractivity contribution in [2.75, 3.05) is 12.4 Å². The summed E-state index contributed by atoms with van der Waals surface area (Å²) in [5, 5.41) is 14.9. The number of nitriles is 1. The van der Waals surface area contributed by atoms with E-state index < -0.39 is 30.1 Å². The smallest absolute Gasteiger partial charge is 0.407 e.